The fourth-order valence-corrected chi connectivity index (χ4v) is 2.63. The molecule has 1 saturated heterocycles. The number of benzene rings is 1. The number of hydrogen-bond donors (Lipinski definition) is 1. The second-order valence-electron chi connectivity index (χ2n) is 5.56. The molecule has 1 N–H and O–H groups in total. The van der Waals surface area contributed by atoms with Crippen LogP contribution in [0.15, 0.2) is 24.3 Å². The number of hydrogen-bond acceptors (Lipinski definition) is 3. The predicted molar refractivity (Wildman–Crippen MR) is 81.1 cm³/mol. The highest BCUT2D eigenvalue weighted by Gasteiger charge is 2.35. The first-order chi connectivity index (χ1) is 10.0. The summed E-state index contributed by atoms with van der Waals surface area (Å²) in [5.41, 5.74) is 1.93. The minimum absolute atomic E-state index is 0.00356. The molecule has 1 aromatic rings. The van der Waals surface area contributed by atoms with E-state index < -0.39 is 0 Å². The number of para-hydroxylation sites is 1. The van der Waals surface area contributed by atoms with Gasteiger partial charge in [0.25, 0.3) is 0 Å². The summed E-state index contributed by atoms with van der Waals surface area (Å²) in [4.78, 5) is 26.1. The van der Waals surface area contributed by atoms with Crippen LogP contribution in [-0.4, -0.2) is 38.1 Å². The molecule has 0 aliphatic carbocycles. The lowest BCUT2D eigenvalue weighted by atomic mass is 10.1. The van der Waals surface area contributed by atoms with Crippen molar-refractivity contribution in [1.82, 2.24) is 5.32 Å². The van der Waals surface area contributed by atoms with Gasteiger partial charge in [0.2, 0.25) is 11.8 Å². The summed E-state index contributed by atoms with van der Waals surface area (Å²) < 4.78 is 5.00. The molecule has 21 heavy (non-hydrogen) atoms. The van der Waals surface area contributed by atoms with Gasteiger partial charge in [-0.25, -0.2) is 0 Å². The van der Waals surface area contributed by atoms with Gasteiger partial charge in [0.05, 0.1) is 12.5 Å². The summed E-state index contributed by atoms with van der Waals surface area (Å²) in [6, 6.07) is 7.68. The topological polar surface area (TPSA) is 58.6 Å². The Kier molecular flexibility index (Phi) is 4.96. The molecule has 114 valence electrons. The van der Waals surface area contributed by atoms with E-state index in [0.29, 0.717) is 13.2 Å². The van der Waals surface area contributed by atoms with E-state index in [0.717, 1.165) is 11.3 Å². The third kappa shape index (κ3) is 3.61. The first-order valence-corrected chi connectivity index (χ1v) is 7.18. The van der Waals surface area contributed by atoms with Crippen LogP contribution < -0.4 is 10.2 Å². The molecule has 0 radical (unpaired) electrons. The standard InChI is InChI=1S/C16H22N2O3/c1-11-6-4-5-7-14(11)18-9-13(8-15(18)19)16(20)17-12(2)10-21-3/h4-7,12-13H,8-10H2,1-3H3,(H,17,20)/t12-,13-/m1/s1. The SMILES string of the molecule is COC[C@@H](C)NC(=O)[C@@H]1CC(=O)N(c2ccccc2C)C1. The van der Waals surface area contributed by atoms with Crippen molar-refractivity contribution in [1.29, 1.82) is 0 Å². The number of carbonyl (C=O) groups is 2. The molecule has 2 amide bonds. The number of ether oxygens (including phenoxy) is 1. The first-order valence-electron chi connectivity index (χ1n) is 7.18. The lowest BCUT2D eigenvalue weighted by molar-refractivity contribution is -0.127. The van der Waals surface area contributed by atoms with Crippen molar-refractivity contribution < 1.29 is 14.3 Å². The molecular formula is C16H22N2O3. The fraction of sp³-hybridized carbons (Fsp3) is 0.500. The van der Waals surface area contributed by atoms with Gasteiger partial charge in [0.15, 0.2) is 0 Å². The Labute approximate surface area is 125 Å². The molecule has 1 fully saturated rings. The Morgan fingerprint density at radius 3 is 2.86 bits per heavy atom. The smallest absolute Gasteiger partial charge is 0.227 e. The van der Waals surface area contributed by atoms with Gasteiger partial charge in [-0.2, -0.15) is 0 Å². The number of rotatable bonds is 5. The van der Waals surface area contributed by atoms with Crippen molar-refractivity contribution in [3.63, 3.8) is 0 Å². The highest BCUT2D eigenvalue weighted by Crippen LogP contribution is 2.27. The van der Waals surface area contributed by atoms with Crippen LogP contribution in [-0.2, 0) is 14.3 Å². The first kappa shape index (κ1) is 15.5. The van der Waals surface area contributed by atoms with Crippen molar-refractivity contribution in [2.75, 3.05) is 25.2 Å². The number of carbonyl (C=O) groups excluding carboxylic acids is 2. The van der Waals surface area contributed by atoms with Crippen molar-refractivity contribution in [2.45, 2.75) is 26.3 Å². The van der Waals surface area contributed by atoms with E-state index in [1.54, 1.807) is 12.0 Å². The molecule has 5 nitrogen and oxygen atoms in total. The predicted octanol–water partition coefficient (Wildman–Crippen LogP) is 1.50. The summed E-state index contributed by atoms with van der Waals surface area (Å²) in [5.74, 6) is -0.371. The summed E-state index contributed by atoms with van der Waals surface area (Å²) in [7, 11) is 1.60. The van der Waals surface area contributed by atoms with E-state index in [4.69, 9.17) is 4.74 Å². The average Bonchev–Trinajstić information content (AvgIpc) is 2.81. The van der Waals surface area contributed by atoms with Crippen molar-refractivity contribution in [3.05, 3.63) is 29.8 Å². The van der Waals surface area contributed by atoms with Crippen LogP contribution in [0.5, 0.6) is 0 Å². The molecule has 1 aliphatic heterocycles. The Bertz CT molecular complexity index is 530. The van der Waals surface area contributed by atoms with Crippen molar-refractivity contribution in [2.24, 2.45) is 5.92 Å². The molecule has 5 heteroatoms. The molecule has 0 spiro atoms. The van der Waals surface area contributed by atoms with E-state index >= 15 is 0 Å². The van der Waals surface area contributed by atoms with Crippen LogP contribution in [0.1, 0.15) is 18.9 Å². The molecule has 1 aromatic carbocycles. The van der Waals surface area contributed by atoms with Crippen LogP contribution in [0.3, 0.4) is 0 Å². The maximum absolute atomic E-state index is 12.2. The second kappa shape index (κ2) is 6.72. The van der Waals surface area contributed by atoms with Crippen LogP contribution in [0.4, 0.5) is 5.69 Å². The van der Waals surface area contributed by atoms with E-state index in [1.807, 2.05) is 38.1 Å². The quantitative estimate of drug-likeness (QED) is 0.894. The minimum Gasteiger partial charge on any atom is -0.383 e. The Morgan fingerprint density at radius 2 is 2.19 bits per heavy atom. The minimum atomic E-state index is -0.295. The van der Waals surface area contributed by atoms with Gasteiger partial charge in [0.1, 0.15) is 0 Å². The molecule has 2 rings (SSSR count). The molecule has 1 aliphatic rings. The van der Waals surface area contributed by atoms with E-state index in [9.17, 15) is 9.59 Å². The van der Waals surface area contributed by atoms with Gasteiger partial charge in [-0.3, -0.25) is 9.59 Å². The number of aryl methyl sites for hydroxylation is 1. The normalized spacial score (nSPS) is 19.7. The summed E-state index contributed by atoms with van der Waals surface area (Å²) >= 11 is 0. The van der Waals surface area contributed by atoms with Gasteiger partial charge in [-0.15, -0.1) is 0 Å². The number of amides is 2. The van der Waals surface area contributed by atoms with Gasteiger partial charge >= 0.3 is 0 Å². The zero-order valence-corrected chi connectivity index (χ0v) is 12.8. The van der Waals surface area contributed by atoms with Gasteiger partial charge in [0, 0.05) is 31.8 Å². The average molecular weight is 290 g/mol. The number of nitrogens with zero attached hydrogens (tertiary/aromatic N) is 1. The molecule has 0 aromatic heterocycles. The molecule has 0 unspecified atom stereocenters. The van der Waals surface area contributed by atoms with Crippen LogP contribution >= 0.6 is 0 Å². The van der Waals surface area contributed by atoms with Gasteiger partial charge in [-0.05, 0) is 25.5 Å². The monoisotopic (exact) mass is 290 g/mol. The molecule has 0 bridgehead atoms. The van der Waals surface area contributed by atoms with Gasteiger partial charge < -0.3 is 15.0 Å². The largest absolute Gasteiger partial charge is 0.383 e. The summed E-state index contributed by atoms with van der Waals surface area (Å²) in [6.45, 7) is 4.76. The third-order valence-corrected chi connectivity index (χ3v) is 3.71. The molecule has 1 heterocycles. The maximum atomic E-state index is 12.2. The van der Waals surface area contributed by atoms with E-state index in [2.05, 4.69) is 5.32 Å². The molecule has 2 atom stereocenters. The van der Waals surface area contributed by atoms with E-state index in [1.165, 1.54) is 0 Å². The highest BCUT2D eigenvalue weighted by molar-refractivity contribution is 6.00. The zero-order valence-electron chi connectivity index (χ0n) is 12.8. The molecular weight excluding hydrogens is 268 g/mol. The summed E-state index contributed by atoms with van der Waals surface area (Å²) in [6.07, 6.45) is 0.264. The Hall–Kier alpha value is -1.88. The number of nitrogens with one attached hydrogen (secondary N) is 1. The number of anilines is 1. The zero-order chi connectivity index (χ0) is 15.4. The lowest BCUT2D eigenvalue weighted by Crippen LogP contribution is -2.40. The lowest BCUT2D eigenvalue weighted by Gasteiger charge is -2.19. The fourth-order valence-electron chi connectivity index (χ4n) is 2.63. The van der Waals surface area contributed by atoms with E-state index in [-0.39, 0.29) is 30.2 Å². The summed E-state index contributed by atoms with van der Waals surface area (Å²) in [5, 5.41) is 2.89. The maximum Gasteiger partial charge on any atom is 0.227 e. The highest BCUT2D eigenvalue weighted by atomic mass is 16.5. The second-order valence-corrected chi connectivity index (χ2v) is 5.56. The van der Waals surface area contributed by atoms with Crippen molar-refractivity contribution >= 4 is 17.5 Å². The Balaban J connectivity index is 2.03. The number of methoxy groups -OCH3 is 1. The molecule has 0 saturated carbocycles. The van der Waals surface area contributed by atoms with Crippen LogP contribution in [0.25, 0.3) is 0 Å². The van der Waals surface area contributed by atoms with Crippen LogP contribution in [0.2, 0.25) is 0 Å². The Morgan fingerprint density at radius 1 is 1.48 bits per heavy atom. The van der Waals surface area contributed by atoms with Gasteiger partial charge in [-0.1, -0.05) is 18.2 Å². The third-order valence-electron chi connectivity index (χ3n) is 3.71. The van der Waals surface area contributed by atoms with Crippen LogP contribution in [0, 0.1) is 12.8 Å². The van der Waals surface area contributed by atoms with Crippen molar-refractivity contribution in [3.8, 4) is 0 Å².